The van der Waals surface area contributed by atoms with Crippen LogP contribution in [0.1, 0.15) is 5.56 Å². The van der Waals surface area contributed by atoms with Crippen LogP contribution >= 0.6 is 11.8 Å². The molecule has 0 saturated heterocycles. The van der Waals surface area contributed by atoms with Gasteiger partial charge in [0.05, 0.1) is 18.2 Å². The largest absolute Gasteiger partial charge is 0.497 e. The molecule has 0 saturated carbocycles. The third kappa shape index (κ3) is 4.61. The second-order valence-electron chi connectivity index (χ2n) is 8.68. The first-order valence-electron chi connectivity index (χ1n) is 12.2. The number of benzene rings is 4. The van der Waals surface area contributed by atoms with Gasteiger partial charge in [0.1, 0.15) is 22.7 Å². The molecular weight excluding hydrogens is 474 g/mol. The van der Waals surface area contributed by atoms with E-state index < -0.39 is 0 Å². The maximum absolute atomic E-state index is 5.35. The third-order valence-electron chi connectivity index (χ3n) is 6.37. The quantitative estimate of drug-likeness (QED) is 0.209. The Labute approximate surface area is 220 Å². The molecule has 2 heterocycles. The Bertz CT molecular complexity index is 1630. The zero-order valence-corrected chi connectivity index (χ0v) is 21.2. The van der Waals surface area contributed by atoms with Gasteiger partial charge in [0, 0.05) is 17.0 Å². The van der Waals surface area contributed by atoms with Crippen molar-refractivity contribution < 1.29 is 4.74 Å². The number of rotatable bonds is 7. The van der Waals surface area contributed by atoms with Crippen LogP contribution in [0.5, 0.6) is 5.75 Å². The van der Waals surface area contributed by atoms with Gasteiger partial charge < -0.3 is 9.30 Å². The van der Waals surface area contributed by atoms with Crippen molar-refractivity contribution in [1.29, 1.82) is 0 Å². The lowest BCUT2D eigenvalue weighted by atomic mass is 9.99. The number of hydrogen-bond donors (Lipinski definition) is 0. The lowest BCUT2D eigenvalue weighted by Crippen LogP contribution is -2.03. The normalized spacial score (nSPS) is 11.1. The fraction of sp³-hybridized carbons (Fsp3) is 0.0625. The zero-order valence-electron chi connectivity index (χ0n) is 20.4. The Morgan fingerprint density at radius 1 is 0.703 bits per heavy atom. The summed E-state index contributed by atoms with van der Waals surface area (Å²) in [4.78, 5) is 10.7. The van der Waals surface area contributed by atoms with Crippen LogP contribution in [0.2, 0.25) is 0 Å². The maximum atomic E-state index is 5.35. The highest BCUT2D eigenvalue weighted by molar-refractivity contribution is 7.99. The van der Waals surface area contributed by atoms with E-state index in [0.717, 1.165) is 49.1 Å². The predicted octanol–water partition coefficient (Wildman–Crippen LogP) is 7.97. The maximum Gasteiger partial charge on any atom is 0.145 e. The fourth-order valence-corrected chi connectivity index (χ4v) is 5.57. The smallest absolute Gasteiger partial charge is 0.145 e. The molecule has 0 aliphatic rings. The summed E-state index contributed by atoms with van der Waals surface area (Å²) in [5.74, 6) is 0.836. The van der Waals surface area contributed by atoms with Crippen molar-refractivity contribution >= 4 is 22.8 Å². The predicted molar refractivity (Wildman–Crippen MR) is 151 cm³/mol. The van der Waals surface area contributed by atoms with Gasteiger partial charge in [-0.15, -0.1) is 0 Å². The van der Waals surface area contributed by atoms with Crippen LogP contribution in [-0.2, 0) is 6.54 Å². The van der Waals surface area contributed by atoms with E-state index >= 15 is 0 Å². The van der Waals surface area contributed by atoms with Crippen molar-refractivity contribution in [3.63, 3.8) is 0 Å². The molecular formula is C32H25N3OS. The second-order valence-corrected chi connectivity index (χ2v) is 9.74. The summed E-state index contributed by atoms with van der Waals surface area (Å²) in [6.07, 6.45) is 1.68. The molecule has 6 rings (SSSR count). The molecule has 0 fully saturated rings. The summed E-state index contributed by atoms with van der Waals surface area (Å²) >= 11 is 1.65. The van der Waals surface area contributed by atoms with E-state index in [0.29, 0.717) is 6.54 Å². The van der Waals surface area contributed by atoms with E-state index in [2.05, 4.69) is 108 Å². The lowest BCUT2D eigenvalue weighted by molar-refractivity contribution is 0.414. The van der Waals surface area contributed by atoms with Crippen molar-refractivity contribution in [1.82, 2.24) is 14.5 Å². The van der Waals surface area contributed by atoms with E-state index in [1.54, 1.807) is 25.2 Å². The zero-order chi connectivity index (χ0) is 25.0. The number of fused-ring (bicyclic) bond motifs is 1. The molecule has 5 heteroatoms. The van der Waals surface area contributed by atoms with Crippen molar-refractivity contribution in [2.24, 2.45) is 0 Å². The number of ether oxygens (including phenoxy) is 1. The van der Waals surface area contributed by atoms with Gasteiger partial charge in [-0.1, -0.05) is 103 Å². The Morgan fingerprint density at radius 2 is 1.32 bits per heavy atom. The lowest BCUT2D eigenvalue weighted by Gasteiger charge is -2.13. The van der Waals surface area contributed by atoms with Crippen LogP contribution in [0.15, 0.2) is 132 Å². The van der Waals surface area contributed by atoms with Gasteiger partial charge in [-0.3, -0.25) is 0 Å². The average Bonchev–Trinajstić information content (AvgIpc) is 3.30. The number of aromatic nitrogens is 3. The van der Waals surface area contributed by atoms with Crippen molar-refractivity contribution in [3.05, 3.63) is 127 Å². The average molecular weight is 500 g/mol. The minimum atomic E-state index is 0.706. The molecule has 6 aromatic rings. The minimum Gasteiger partial charge on any atom is -0.497 e. The molecule has 0 amide bonds. The minimum absolute atomic E-state index is 0.706. The van der Waals surface area contributed by atoms with Crippen molar-refractivity contribution in [3.8, 4) is 28.1 Å². The molecule has 4 nitrogen and oxygen atoms in total. The van der Waals surface area contributed by atoms with Gasteiger partial charge >= 0.3 is 0 Å². The van der Waals surface area contributed by atoms with Gasteiger partial charge in [-0.05, 0) is 41.0 Å². The molecule has 2 aromatic heterocycles. The molecule has 4 aromatic carbocycles. The molecule has 0 N–H and O–H groups in total. The van der Waals surface area contributed by atoms with Gasteiger partial charge in [0.25, 0.3) is 0 Å². The van der Waals surface area contributed by atoms with Crippen LogP contribution in [0, 0.1) is 0 Å². The summed E-state index contributed by atoms with van der Waals surface area (Å²) in [6.45, 7) is 0.706. The highest BCUT2D eigenvalue weighted by Gasteiger charge is 2.24. The summed E-state index contributed by atoms with van der Waals surface area (Å²) in [7, 11) is 1.68. The Morgan fingerprint density at radius 3 is 1.97 bits per heavy atom. The first kappa shape index (κ1) is 23.1. The number of methoxy groups -OCH3 is 1. The summed E-state index contributed by atoms with van der Waals surface area (Å²) in [6, 6.07) is 39.8. The van der Waals surface area contributed by atoms with Gasteiger partial charge in [0.2, 0.25) is 0 Å². The first-order valence-corrected chi connectivity index (χ1v) is 13.0. The number of hydrogen-bond acceptors (Lipinski definition) is 4. The Hall–Kier alpha value is -4.35. The topological polar surface area (TPSA) is 39.9 Å². The molecule has 0 spiro atoms. The highest BCUT2D eigenvalue weighted by atomic mass is 32.2. The van der Waals surface area contributed by atoms with Crippen LogP contribution in [-0.4, -0.2) is 21.6 Å². The standard InChI is InChI=1S/C32H25N3OS/c1-36-26-17-19-27(20-18-26)37-32-29-28(24-13-7-3-8-14-24)30(25-15-9-4-10-16-25)35(31(29)33-22-34-32)21-23-11-5-2-6-12-23/h2-20,22H,21H2,1H3. The highest BCUT2D eigenvalue weighted by Crippen LogP contribution is 2.45. The molecule has 0 aliphatic carbocycles. The molecule has 0 aliphatic heterocycles. The summed E-state index contributed by atoms with van der Waals surface area (Å²) in [5, 5.41) is 1.99. The van der Waals surface area contributed by atoms with Gasteiger partial charge in [0.15, 0.2) is 0 Å². The van der Waals surface area contributed by atoms with Crippen molar-refractivity contribution in [2.75, 3.05) is 7.11 Å². The van der Waals surface area contributed by atoms with Crippen molar-refractivity contribution in [2.45, 2.75) is 16.5 Å². The summed E-state index contributed by atoms with van der Waals surface area (Å²) < 4.78 is 7.69. The molecule has 0 unspecified atom stereocenters. The third-order valence-corrected chi connectivity index (χ3v) is 7.38. The van der Waals surface area contributed by atoms with Crippen LogP contribution < -0.4 is 4.74 Å². The Kier molecular flexibility index (Phi) is 6.44. The second kappa shape index (κ2) is 10.3. The van der Waals surface area contributed by atoms with Crippen LogP contribution in [0.4, 0.5) is 0 Å². The summed E-state index contributed by atoms with van der Waals surface area (Å²) in [5.41, 5.74) is 6.73. The van der Waals surface area contributed by atoms with Crippen LogP contribution in [0.3, 0.4) is 0 Å². The number of nitrogens with zero attached hydrogens (tertiary/aromatic N) is 3. The molecule has 37 heavy (non-hydrogen) atoms. The molecule has 0 bridgehead atoms. The molecule has 180 valence electrons. The SMILES string of the molecule is COc1ccc(Sc2ncnc3c2c(-c2ccccc2)c(-c2ccccc2)n3Cc2ccccc2)cc1. The van der Waals surface area contributed by atoms with Gasteiger partial charge in [-0.25, -0.2) is 9.97 Å². The van der Waals surface area contributed by atoms with Gasteiger partial charge in [-0.2, -0.15) is 0 Å². The first-order chi connectivity index (χ1) is 18.3. The molecule has 0 radical (unpaired) electrons. The van der Waals surface area contributed by atoms with E-state index in [-0.39, 0.29) is 0 Å². The van der Waals surface area contributed by atoms with E-state index in [1.807, 2.05) is 12.1 Å². The van der Waals surface area contributed by atoms with E-state index in [9.17, 15) is 0 Å². The fourth-order valence-electron chi connectivity index (χ4n) is 4.68. The molecule has 0 atom stereocenters. The van der Waals surface area contributed by atoms with E-state index in [1.165, 1.54) is 5.56 Å². The van der Waals surface area contributed by atoms with E-state index in [4.69, 9.17) is 14.7 Å². The Balaban J connectivity index is 1.64. The van der Waals surface area contributed by atoms with Crippen LogP contribution in [0.25, 0.3) is 33.4 Å². The monoisotopic (exact) mass is 499 g/mol.